The SMILES string of the molecule is CCNC(CSc1ccccc1)C1CCC(C)CC1. The highest BCUT2D eigenvalue weighted by molar-refractivity contribution is 7.99. The van der Waals surface area contributed by atoms with Crippen molar-refractivity contribution >= 4 is 11.8 Å². The third-order valence-electron chi connectivity index (χ3n) is 4.27. The van der Waals surface area contributed by atoms with Gasteiger partial charge in [0.15, 0.2) is 0 Å². The summed E-state index contributed by atoms with van der Waals surface area (Å²) in [6.07, 6.45) is 5.66. The Kier molecular flexibility index (Phi) is 6.25. The molecule has 1 nitrogen and oxygen atoms in total. The van der Waals surface area contributed by atoms with Crippen LogP contribution < -0.4 is 5.32 Å². The molecule has 0 aromatic heterocycles. The minimum Gasteiger partial charge on any atom is -0.313 e. The molecule has 0 aliphatic heterocycles. The first-order chi connectivity index (χ1) is 9.29. The molecule has 2 heteroatoms. The number of hydrogen-bond acceptors (Lipinski definition) is 2. The van der Waals surface area contributed by atoms with Gasteiger partial charge < -0.3 is 5.32 Å². The van der Waals surface area contributed by atoms with Gasteiger partial charge in [0.1, 0.15) is 0 Å². The number of rotatable bonds is 6. The molecule has 1 aromatic carbocycles. The minimum absolute atomic E-state index is 0.683. The maximum atomic E-state index is 3.72. The first-order valence-corrected chi connectivity index (χ1v) is 8.69. The summed E-state index contributed by atoms with van der Waals surface area (Å²) in [5.41, 5.74) is 0. The van der Waals surface area contributed by atoms with Gasteiger partial charge in [-0.25, -0.2) is 0 Å². The van der Waals surface area contributed by atoms with Gasteiger partial charge in [0.2, 0.25) is 0 Å². The average molecular weight is 277 g/mol. The van der Waals surface area contributed by atoms with Crippen LogP contribution >= 0.6 is 11.8 Å². The van der Waals surface area contributed by atoms with E-state index in [1.165, 1.54) is 36.3 Å². The predicted octanol–water partition coefficient (Wildman–Crippen LogP) is 4.58. The van der Waals surface area contributed by atoms with E-state index in [4.69, 9.17) is 0 Å². The molecule has 1 saturated carbocycles. The van der Waals surface area contributed by atoms with Crippen molar-refractivity contribution in [3.8, 4) is 0 Å². The maximum absolute atomic E-state index is 3.72. The van der Waals surface area contributed by atoms with Gasteiger partial charge in [-0.2, -0.15) is 0 Å². The fraction of sp³-hybridized carbons (Fsp3) is 0.647. The molecule has 1 aliphatic rings. The largest absolute Gasteiger partial charge is 0.313 e. The maximum Gasteiger partial charge on any atom is 0.0189 e. The van der Waals surface area contributed by atoms with Crippen LogP contribution in [-0.4, -0.2) is 18.3 Å². The summed E-state index contributed by atoms with van der Waals surface area (Å²) in [7, 11) is 0. The molecule has 1 fully saturated rings. The summed E-state index contributed by atoms with van der Waals surface area (Å²) in [6, 6.07) is 11.5. The Balaban J connectivity index is 1.85. The predicted molar refractivity (Wildman–Crippen MR) is 85.8 cm³/mol. The van der Waals surface area contributed by atoms with Crippen LogP contribution in [0.1, 0.15) is 39.5 Å². The van der Waals surface area contributed by atoms with Crippen LogP contribution in [0.2, 0.25) is 0 Å². The van der Waals surface area contributed by atoms with Crippen molar-refractivity contribution in [2.24, 2.45) is 11.8 Å². The zero-order valence-corrected chi connectivity index (χ0v) is 13.1. The standard InChI is InChI=1S/C17H27NS/c1-3-18-17(15-11-9-14(2)10-12-15)13-19-16-7-5-4-6-8-16/h4-8,14-15,17-18H,3,9-13H2,1-2H3. The van der Waals surface area contributed by atoms with Crippen LogP contribution in [-0.2, 0) is 0 Å². The Morgan fingerprint density at radius 2 is 1.84 bits per heavy atom. The molecular weight excluding hydrogens is 250 g/mol. The smallest absolute Gasteiger partial charge is 0.0189 e. The van der Waals surface area contributed by atoms with Crippen LogP contribution in [0.3, 0.4) is 0 Å². The van der Waals surface area contributed by atoms with Gasteiger partial charge in [0.25, 0.3) is 0 Å². The topological polar surface area (TPSA) is 12.0 Å². The van der Waals surface area contributed by atoms with E-state index in [1.54, 1.807) is 0 Å². The molecule has 1 unspecified atom stereocenters. The third-order valence-corrected chi connectivity index (χ3v) is 5.40. The Morgan fingerprint density at radius 1 is 1.16 bits per heavy atom. The van der Waals surface area contributed by atoms with Crippen molar-refractivity contribution in [1.29, 1.82) is 0 Å². The highest BCUT2D eigenvalue weighted by Gasteiger charge is 2.25. The second-order valence-corrected chi connectivity index (χ2v) is 6.90. The molecule has 106 valence electrons. The highest BCUT2D eigenvalue weighted by atomic mass is 32.2. The van der Waals surface area contributed by atoms with Gasteiger partial charge in [-0.3, -0.25) is 0 Å². The Bertz CT molecular complexity index is 344. The molecule has 2 rings (SSSR count). The van der Waals surface area contributed by atoms with E-state index in [9.17, 15) is 0 Å². The van der Waals surface area contributed by atoms with Crippen molar-refractivity contribution in [2.45, 2.75) is 50.5 Å². The number of nitrogens with one attached hydrogen (secondary N) is 1. The van der Waals surface area contributed by atoms with Crippen LogP contribution in [0, 0.1) is 11.8 Å². The molecule has 0 radical (unpaired) electrons. The van der Waals surface area contributed by atoms with Gasteiger partial charge in [-0.1, -0.05) is 44.9 Å². The lowest BCUT2D eigenvalue weighted by Crippen LogP contribution is -2.39. The van der Waals surface area contributed by atoms with Crippen LogP contribution in [0.5, 0.6) is 0 Å². The fourth-order valence-corrected chi connectivity index (χ4v) is 4.13. The van der Waals surface area contributed by atoms with E-state index >= 15 is 0 Å². The van der Waals surface area contributed by atoms with Gasteiger partial charge >= 0.3 is 0 Å². The van der Waals surface area contributed by atoms with Crippen molar-refractivity contribution in [3.05, 3.63) is 30.3 Å². The van der Waals surface area contributed by atoms with E-state index in [1.807, 2.05) is 11.8 Å². The Labute approximate surface area is 122 Å². The van der Waals surface area contributed by atoms with Crippen molar-refractivity contribution < 1.29 is 0 Å². The Hall–Kier alpha value is -0.470. The molecule has 1 atom stereocenters. The van der Waals surface area contributed by atoms with E-state index in [2.05, 4.69) is 49.5 Å². The second-order valence-electron chi connectivity index (χ2n) is 5.81. The number of benzene rings is 1. The van der Waals surface area contributed by atoms with Crippen LogP contribution in [0.15, 0.2) is 35.2 Å². The van der Waals surface area contributed by atoms with E-state index in [0.29, 0.717) is 6.04 Å². The lowest BCUT2D eigenvalue weighted by atomic mass is 9.79. The second kappa shape index (κ2) is 7.96. The summed E-state index contributed by atoms with van der Waals surface area (Å²) in [6.45, 7) is 5.72. The number of hydrogen-bond donors (Lipinski definition) is 1. The van der Waals surface area contributed by atoms with Gasteiger partial charge in [-0.15, -0.1) is 11.8 Å². The van der Waals surface area contributed by atoms with Gasteiger partial charge in [-0.05, 0) is 43.4 Å². The highest BCUT2D eigenvalue weighted by Crippen LogP contribution is 2.32. The van der Waals surface area contributed by atoms with Crippen LogP contribution in [0.4, 0.5) is 0 Å². The molecule has 0 saturated heterocycles. The zero-order chi connectivity index (χ0) is 13.5. The quantitative estimate of drug-likeness (QED) is 0.764. The molecule has 0 bridgehead atoms. The summed E-state index contributed by atoms with van der Waals surface area (Å²) < 4.78 is 0. The Morgan fingerprint density at radius 3 is 2.47 bits per heavy atom. The molecule has 1 aliphatic carbocycles. The third kappa shape index (κ3) is 4.85. The minimum atomic E-state index is 0.683. The summed E-state index contributed by atoms with van der Waals surface area (Å²) in [4.78, 5) is 1.40. The fourth-order valence-electron chi connectivity index (χ4n) is 3.01. The van der Waals surface area contributed by atoms with Crippen molar-refractivity contribution in [3.63, 3.8) is 0 Å². The van der Waals surface area contributed by atoms with Gasteiger partial charge in [0, 0.05) is 16.7 Å². The van der Waals surface area contributed by atoms with Gasteiger partial charge in [0.05, 0.1) is 0 Å². The lowest BCUT2D eigenvalue weighted by molar-refractivity contribution is 0.243. The lowest BCUT2D eigenvalue weighted by Gasteiger charge is -2.33. The molecule has 19 heavy (non-hydrogen) atoms. The normalized spacial score (nSPS) is 25.2. The van der Waals surface area contributed by atoms with Crippen molar-refractivity contribution in [1.82, 2.24) is 5.32 Å². The first kappa shape index (κ1) is 14.9. The van der Waals surface area contributed by atoms with Crippen molar-refractivity contribution in [2.75, 3.05) is 12.3 Å². The summed E-state index contributed by atoms with van der Waals surface area (Å²) >= 11 is 2.00. The monoisotopic (exact) mass is 277 g/mol. The molecule has 1 aromatic rings. The number of thioether (sulfide) groups is 1. The zero-order valence-electron chi connectivity index (χ0n) is 12.3. The van der Waals surface area contributed by atoms with E-state index in [-0.39, 0.29) is 0 Å². The molecule has 1 N–H and O–H groups in total. The van der Waals surface area contributed by atoms with E-state index in [0.717, 1.165) is 18.4 Å². The summed E-state index contributed by atoms with van der Waals surface area (Å²) in [5.74, 6) is 3.03. The summed E-state index contributed by atoms with van der Waals surface area (Å²) in [5, 5.41) is 3.72. The average Bonchev–Trinajstić information content (AvgIpc) is 2.46. The van der Waals surface area contributed by atoms with E-state index < -0.39 is 0 Å². The van der Waals surface area contributed by atoms with Crippen LogP contribution in [0.25, 0.3) is 0 Å². The molecule has 0 spiro atoms. The molecular formula is C17H27NS. The molecule has 0 heterocycles. The first-order valence-electron chi connectivity index (χ1n) is 7.70. The molecule has 0 amide bonds.